The van der Waals surface area contributed by atoms with Gasteiger partial charge in [-0.05, 0) is 97.8 Å². The predicted molar refractivity (Wildman–Crippen MR) is 227 cm³/mol. The fourth-order valence-corrected chi connectivity index (χ4v) is 7.32. The monoisotopic (exact) mass is 830 g/mol. The van der Waals surface area contributed by atoms with Crippen LogP contribution in [-0.2, 0) is 0 Å². The van der Waals surface area contributed by atoms with Gasteiger partial charge in [-0.1, -0.05) is 23.2 Å². The molecule has 15 nitrogen and oxygen atoms in total. The average Bonchev–Trinajstić information content (AvgIpc) is 4.10. The van der Waals surface area contributed by atoms with Crippen molar-refractivity contribution in [3.8, 4) is 11.4 Å². The Labute approximate surface area is 348 Å². The van der Waals surface area contributed by atoms with Crippen LogP contribution in [0.1, 0.15) is 33.8 Å². The topological polar surface area (TPSA) is 169 Å². The van der Waals surface area contributed by atoms with Gasteiger partial charge in [-0.25, -0.2) is 24.1 Å². The lowest BCUT2D eigenvalue weighted by atomic mass is 10.2. The molecule has 0 unspecified atom stereocenters. The lowest BCUT2D eigenvalue weighted by Crippen LogP contribution is -2.37. The Balaban J connectivity index is 0.000000136. The maximum Gasteiger partial charge on any atom is 0.356 e. The molecule has 2 aliphatic rings. The van der Waals surface area contributed by atoms with E-state index in [1.54, 1.807) is 65.7 Å². The smallest absolute Gasteiger partial charge is 0.356 e. The summed E-state index contributed by atoms with van der Waals surface area (Å²) in [5.41, 5.74) is 10.2. The molecule has 0 saturated carbocycles. The number of anilines is 2. The number of hydrogen-bond donors (Lipinski definition) is 3. The van der Waals surface area contributed by atoms with Crippen LogP contribution in [0.15, 0.2) is 135 Å². The standard InChI is InChI=1S/C21H19ClN6O.C11H14N4.C10H7ClN2O2/c22-15-3-5-17(6-4-15)28-12-8-18(25-28)21(29)24-16-7-11-27(14-16)20-19-2-1-10-26(19)13-9-23-20;12-9-3-6-15(8-9)11-10-2-1-5-14(10)7-4-13-11;11-7-1-3-8(4-2-7)13-6-5-9(12-13)10(14)15/h1-6,8-10,12-13,16H,7,11,14H2,(H,24,29);1-2,4-5,7,9H,3,6,8,12H2;1-6H,(H,14,15)/t16-;9-;/m00./s1. The highest BCUT2D eigenvalue weighted by atomic mass is 35.5. The summed E-state index contributed by atoms with van der Waals surface area (Å²) in [5.74, 6) is 0.790. The number of aromatic nitrogens is 8. The normalized spacial score (nSPS) is 16.1. The summed E-state index contributed by atoms with van der Waals surface area (Å²) >= 11 is 11.7. The summed E-state index contributed by atoms with van der Waals surface area (Å²) in [6.45, 7) is 3.50. The first-order chi connectivity index (χ1) is 28.7. The van der Waals surface area contributed by atoms with Crippen LogP contribution < -0.4 is 20.9 Å². The number of carbonyl (C=O) groups is 2. The zero-order valence-electron chi connectivity index (χ0n) is 31.7. The second-order valence-corrected chi connectivity index (χ2v) is 14.9. The second kappa shape index (κ2) is 17.4. The Hall–Kier alpha value is -6.68. The minimum atomic E-state index is -1.04. The molecule has 2 saturated heterocycles. The van der Waals surface area contributed by atoms with E-state index in [0.717, 1.165) is 73.1 Å². The largest absolute Gasteiger partial charge is 0.476 e. The number of halogens is 2. The van der Waals surface area contributed by atoms with Crippen LogP contribution in [0, 0.1) is 0 Å². The zero-order valence-corrected chi connectivity index (χ0v) is 33.2. The number of benzene rings is 2. The first kappa shape index (κ1) is 39.2. The van der Waals surface area contributed by atoms with Crippen LogP contribution in [0.2, 0.25) is 10.0 Å². The Morgan fingerprint density at radius 2 is 1.15 bits per heavy atom. The number of fused-ring (bicyclic) bond motifs is 2. The predicted octanol–water partition coefficient (Wildman–Crippen LogP) is 6.28. The van der Waals surface area contributed by atoms with Crippen molar-refractivity contribution in [1.82, 2.24) is 43.6 Å². The summed E-state index contributed by atoms with van der Waals surface area (Å²) < 4.78 is 7.30. The minimum absolute atomic E-state index is 0.0185. The average molecular weight is 832 g/mol. The number of hydrogen-bond acceptors (Lipinski definition) is 9. The van der Waals surface area contributed by atoms with Gasteiger partial charge < -0.3 is 34.8 Å². The molecule has 0 radical (unpaired) electrons. The molecule has 59 heavy (non-hydrogen) atoms. The van der Waals surface area contributed by atoms with Gasteiger partial charge in [0.25, 0.3) is 5.91 Å². The summed E-state index contributed by atoms with van der Waals surface area (Å²) in [7, 11) is 0. The van der Waals surface area contributed by atoms with E-state index in [-0.39, 0.29) is 17.6 Å². The lowest BCUT2D eigenvalue weighted by Gasteiger charge is -2.18. The Bertz CT molecular complexity index is 2690. The number of amides is 1. The van der Waals surface area contributed by atoms with Gasteiger partial charge in [-0.3, -0.25) is 4.79 Å². The molecular weight excluding hydrogens is 791 g/mol. The number of nitrogens with zero attached hydrogens (tertiary/aromatic N) is 10. The van der Waals surface area contributed by atoms with E-state index >= 15 is 0 Å². The second-order valence-electron chi connectivity index (χ2n) is 14.1. The number of carbonyl (C=O) groups excluding carboxylic acids is 1. The van der Waals surface area contributed by atoms with E-state index in [9.17, 15) is 9.59 Å². The molecule has 300 valence electrons. The van der Waals surface area contributed by atoms with Gasteiger partial charge in [0.05, 0.1) is 22.4 Å². The van der Waals surface area contributed by atoms with E-state index in [4.69, 9.17) is 34.0 Å². The van der Waals surface area contributed by atoms with Crippen molar-refractivity contribution >= 4 is 57.7 Å². The third-order valence-electron chi connectivity index (χ3n) is 10.0. The molecule has 6 aromatic heterocycles. The molecule has 8 heterocycles. The molecule has 0 aliphatic carbocycles. The first-order valence-corrected chi connectivity index (χ1v) is 19.7. The molecule has 0 spiro atoms. The Morgan fingerprint density at radius 1 is 0.644 bits per heavy atom. The fraction of sp³-hybridized carbons (Fsp3) is 0.190. The van der Waals surface area contributed by atoms with Crippen molar-refractivity contribution in [2.75, 3.05) is 36.0 Å². The number of carboxylic acid groups (broad SMARTS) is 1. The fourth-order valence-electron chi connectivity index (χ4n) is 7.07. The van der Waals surface area contributed by atoms with Crippen LogP contribution in [0.4, 0.5) is 11.6 Å². The van der Waals surface area contributed by atoms with Gasteiger partial charge in [-0.2, -0.15) is 10.2 Å². The maximum atomic E-state index is 12.7. The van der Waals surface area contributed by atoms with Crippen molar-refractivity contribution in [3.63, 3.8) is 0 Å². The quantitative estimate of drug-likeness (QED) is 0.166. The van der Waals surface area contributed by atoms with Crippen molar-refractivity contribution in [3.05, 3.63) is 156 Å². The van der Waals surface area contributed by atoms with Crippen LogP contribution in [-0.4, -0.2) is 93.6 Å². The van der Waals surface area contributed by atoms with Gasteiger partial charge in [-0.15, -0.1) is 0 Å². The maximum absolute atomic E-state index is 12.7. The van der Waals surface area contributed by atoms with E-state index in [1.807, 2.05) is 55.2 Å². The molecule has 2 aromatic carbocycles. The van der Waals surface area contributed by atoms with Gasteiger partial charge >= 0.3 is 5.97 Å². The van der Waals surface area contributed by atoms with Gasteiger partial charge in [0.2, 0.25) is 0 Å². The Morgan fingerprint density at radius 3 is 1.66 bits per heavy atom. The van der Waals surface area contributed by atoms with Crippen molar-refractivity contribution < 1.29 is 14.7 Å². The van der Waals surface area contributed by atoms with E-state index in [1.165, 1.54) is 10.7 Å². The van der Waals surface area contributed by atoms with Crippen LogP contribution >= 0.6 is 23.2 Å². The molecule has 2 fully saturated rings. The molecule has 0 bridgehead atoms. The van der Waals surface area contributed by atoms with E-state index < -0.39 is 5.97 Å². The van der Waals surface area contributed by atoms with Gasteiger partial charge in [0.1, 0.15) is 0 Å². The van der Waals surface area contributed by atoms with Gasteiger partial charge in [0, 0.05) is 97.9 Å². The van der Waals surface area contributed by atoms with E-state index in [0.29, 0.717) is 21.8 Å². The van der Waals surface area contributed by atoms with Gasteiger partial charge in [0.15, 0.2) is 23.0 Å². The van der Waals surface area contributed by atoms with Crippen LogP contribution in [0.5, 0.6) is 0 Å². The SMILES string of the molecule is N[C@H]1CCN(c2nccn3cccc23)C1.O=C(N[C@H]1CCN(c2nccn3cccc23)C1)c1ccn(-c2ccc(Cl)cc2)n1.O=C(O)c1ccn(-c2ccc(Cl)cc2)n1. The minimum Gasteiger partial charge on any atom is -0.476 e. The zero-order chi connectivity index (χ0) is 40.9. The van der Waals surface area contributed by atoms with Crippen molar-refractivity contribution in [1.29, 1.82) is 0 Å². The molecule has 2 aliphatic heterocycles. The molecule has 17 heteroatoms. The molecule has 10 rings (SSSR count). The van der Waals surface area contributed by atoms with Crippen molar-refractivity contribution in [2.45, 2.75) is 24.9 Å². The van der Waals surface area contributed by atoms with Crippen molar-refractivity contribution in [2.24, 2.45) is 5.73 Å². The summed E-state index contributed by atoms with van der Waals surface area (Å²) in [5, 5.41) is 21.4. The van der Waals surface area contributed by atoms with Crippen LogP contribution in [0.25, 0.3) is 22.4 Å². The van der Waals surface area contributed by atoms with Crippen LogP contribution in [0.3, 0.4) is 0 Å². The third-order valence-corrected chi connectivity index (χ3v) is 10.5. The molecule has 8 aromatic rings. The summed E-state index contributed by atoms with van der Waals surface area (Å²) in [6, 6.07) is 26.0. The number of aromatic carboxylic acids is 1. The highest BCUT2D eigenvalue weighted by Crippen LogP contribution is 2.25. The molecular formula is C42H40Cl2N12O3. The number of nitrogens with one attached hydrogen (secondary N) is 1. The number of nitrogens with two attached hydrogens (primary N) is 1. The summed E-state index contributed by atoms with van der Waals surface area (Å²) in [4.78, 5) is 36.7. The number of rotatable bonds is 7. The highest BCUT2D eigenvalue weighted by molar-refractivity contribution is 6.30. The summed E-state index contributed by atoms with van der Waals surface area (Å²) in [6.07, 6.45) is 16.9. The molecule has 1 amide bonds. The third kappa shape index (κ3) is 9.07. The Kier molecular flexibility index (Phi) is 11.6. The molecule has 2 atom stereocenters. The highest BCUT2D eigenvalue weighted by Gasteiger charge is 2.27. The van der Waals surface area contributed by atoms with E-state index in [2.05, 4.69) is 56.2 Å². The lowest BCUT2D eigenvalue weighted by molar-refractivity contribution is 0.0689. The number of carboxylic acids is 1. The molecule has 4 N–H and O–H groups in total. The first-order valence-electron chi connectivity index (χ1n) is 18.9.